The second kappa shape index (κ2) is 16.5. The fourth-order valence-corrected chi connectivity index (χ4v) is 0.134. The highest BCUT2D eigenvalue weighted by atomic mass is 19.1. The van der Waals surface area contributed by atoms with Crippen molar-refractivity contribution >= 4 is 6.21 Å². The summed E-state index contributed by atoms with van der Waals surface area (Å²) in [7, 11) is 0.500. The van der Waals surface area contributed by atoms with Crippen LogP contribution in [0.15, 0.2) is 24.8 Å². The number of halogens is 1. The van der Waals surface area contributed by atoms with E-state index in [1.165, 1.54) is 6.21 Å². The summed E-state index contributed by atoms with van der Waals surface area (Å²) in [6.07, 6.45) is 6.15. The highest BCUT2D eigenvalue weighted by molar-refractivity contribution is 5.67. The van der Waals surface area contributed by atoms with Crippen LogP contribution < -0.4 is 0 Å². The number of rotatable bonds is 2. The second-order valence-electron chi connectivity index (χ2n) is 0.787. The Morgan fingerprint density at radius 1 is 1.38 bits per heavy atom. The minimum Gasteiger partial charge on any atom is -0.309 e. The molecule has 0 atom stereocenters. The molecule has 0 aliphatic rings. The molecule has 8 heavy (non-hydrogen) atoms. The number of hydrogen-bond donors (Lipinski definition) is 1. The summed E-state index contributed by atoms with van der Waals surface area (Å²) >= 11 is 0. The maximum Gasteiger partial charge on any atom is 0.0785 e. The largest absolute Gasteiger partial charge is 0.309 e. The predicted octanol–water partition coefficient (Wildman–Crippen LogP) is 1.96. The average Bonchev–Trinajstić information content (AvgIpc) is 1.88. The number of allylic oxidation sites excluding steroid dienone is 3. The van der Waals surface area contributed by atoms with Crippen molar-refractivity contribution < 1.29 is 4.39 Å². The van der Waals surface area contributed by atoms with Crippen LogP contribution in [-0.4, -0.2) is 13.4 Å². The van der Waals surface area contributed by atoms with Gasteiger partial charge in [-0.15, -0.1) is 0 Å². The first-order valence-electron chi connectivity index (χ1n) is 2.07. The predicted molar refractivity (Wildman–Crippen MR) is 35.2 cm³/mol. The maximum absolute atomic E-state index is 9.50. The summed E-state index contributed by atoms with van der Waals surface area (Å²) in [6, 6.07) is 0. The molecule has 0 spiro atoms. The molecular formula is C6H10FN. The van der Waals surface area contributed by atoms with Gasteiger partial charge < -0.3 is 5.41 Å². The fourth-order valence-electron chi connectivity index (χ4n) is 0.134. The van der Waals surface area contributed by atoms with Crippen LogP contribution in [0.2, 0.25) is 0 Å². The van der Waals surface area contributed by atoms with Gasteiger partial charge in [0.25, 0.3) is 0 Å². The van der Waals surface area contributed by atoms with Crippen LogP contribution in [-0.2, 0) is 0 Å². The first-order valence-corrected chi connectivity index (χ1v) is 2.07. The normalized spacial score (nSPS) is 7.25. The van der Waals surface area contributed by atoms with E-state index in [0.717, 1.165) is 0 Å². The molecule has 0 unspecified atom stereocenters. The van der Waals surface area contributed by atoms with Gasteiger partial charge >= 0.3 is 0 Å². The van der Waals surface area contributed by atoms with Gasteiger partial charge in [0, 0.05) is 6.21 Å². The second-order valence-corrected chi connectivity index (χ2v) is 0.787. The van der Waals surface area contributed by atoms with E-state index >= 15 is 0 Å². The lowest BCUT2D eigenvalue weighted by Gasteiger charge is -1.59. The minimum absolute atomic E-state index is 0.500. The van der Waals surface area contributed by atoms with E-state index in [1.54, 1.807) is 18.2 Å². The first-order chi connectivity index (χ1) is 3.91. The molecule has 1 nitrogen and oxygen atoms in total. The minimum atomic E-state index is 0.500. The van der Waals surface area contributed by atoms with E-state index in [1.807, 2.05) is 0 Å². The maximum atomic E-state index is 9.50. The van der Waals surface area contributed by atoms with E-state index in [9.17, 15) is 4.39 Å². The molecule has 0 saturated heterocycles. The van der Waals surface area contributed by atoms with Gasteiger partial charge in [0.1, 0.15) is 0 Å². The van der Waals surface area contributed by atoms with Gasteiger partial charge in [0.15, 0.2) is 0 Å². The van der Waals surface area contributed by atoms with Crippen LogP contribution in [0, 0.1) is 5.41 Å². The standard InChI is InChI=1S/C5H7N.CH3F/c1-2-3-4-5-6;1-2/h2-6H,1H2;1H3/b4-3-,6-5?;. The van der Waals surface area contributed by atoms with Crippen molar-refractivity contribution in [3.8, 4) is 0 Å². The molecule has 0 heterocycles. The zero-order valence-electron chi connectivity index (χ0n) is 4.89. The first kappa shape index (κ1) is 10.1. The molecular weight excluding hydrogens is 105 g/mol. The summed E-state index contributed by atoms with van der Waals surface area (Å²) < 4.78 is 9.50. The molecule has 0 aromatic carbocycles. The van der Waals surface area contributed by atoms with Gasteiger partial charge in [-0.3, -0.25) is 4.39 Å². The number of nitrogens with one attached hydrogen (secondary N) is 1. The molecule has 0 aromatic heterocycles. The zero-order valence-corrected chi connectivity index (χ0v) is 4.89. The number of alkyl halides is 1. The Kier molecular flexibility index (Phi) is 21.0. The van der Waals surface area contributed by atoms with Gasteiger partial charge in [-0.05, 0) is 6.08 Å². The molecule has 0 radical (unpaired) electrons. The van der Waals surface area contributed by atoms with Crippen LogP contribution in [0.3, 0.4) is 0 Å². The summed E-state index contributed by atoms with van der Waals surface area (Å²) in [5.41, 5.74) is 0. The van der Waals surface area contributed by atoms with Crippen LogP contribution in [0.5, 0.6) is 0 Å². The van der Waals surface area contributed by atoms with Gasteiger partial charge in [0.05, 0.1) is 7.18 Å². The SMILES string of the molecule is C=C/C=C\C=N.CF. The number of hydrogen-bond acceptors (Lipinski definition) is 1. The molecule has 0 aliphatic heterocycles. The molecule has 0 amide bonds. The Hall–Kier alpha value is -0.920. The van der Waals surface area contributed by atoms with Gasteiger partial charge in [-0.2, -0.15) is 0 Å². The summed E-state index contributed by atoms with van der Waals surface area (Å²) in [6.45, 7) is 3.41. The quantitative estimate of drug-likeness (QED) is 0.420. The topological polar surface area (TPSA) is 23.9 Å². The highest BCUT2D eigenvalue weighted by Crippen LogP contribution is 1.63. The molecule has 0 aromatic rings. The third-order valence-electron chi connectivity index (χ3n) is 0.343. The van der Waals surface area contributed by atoms with Crippen LogP contribution in [0.4, 0.5) is 4.39 Å². The fraction of sp³-hybridized carbons (Fsp3) is 0.167. The molecule has 2 heteroatoms. The third kappa shape index (κ3) is 19.5. The Bertz CT molecular complexity index is 66.6. The van der Waals surface area contributed by atoms with Crippen LogP contribution in [0.1, 0.15) is 0 Å². The average molecular weight is 115 g/mol. The van der Waals surface area contributed by atoms with Crippen molar-refractivity contribution in [3.63, 3.8) is 0 Å². The lowest BCUT2D eigenvalue weighted by atomic mass is 10.5. The molecule has 0 saturated carbocycles. The van der Waals surface area contributed by atoms with Crippen molar-refractivity contribution in [3.05, 3.63) is 24.8 Å². The van der Waals surface area contributed by atoms with E-state index in [-0.39, 0.29) is 0 Å². The van der Waals surface area contributed by atoms with Crippen molar-refractivity contribution in [1.82, 2.24) is 0 Å². The Balaban J connectivity index is 0. The summed E-state index contributed by atoms with van der Waals surface area (Å²) in [5, 5.41) is 6.45. The monoisotopic (exact) mass is 115 g/mol. The molecule has 0 aliphatic carbocycles. The van der Waals surface area contributed by atoms with Crippen molar-refractivity contribution in [2.45, 2.75) is 0 Å². The molecule has 0 bridgehead atoms. The van der Waals surface area contributed by atoms with Crippen molar-refractivity contribution in [1.29, 1.82) is 5.41 Å². The van der Waals surface area contributed by atoms with Crippen LogP contribution in [0.25, 0.3) is 0 Å². The van der Waals surface area contributed by atoms with Crippen molar-refractivity contribution in [2.75, 3.05) is 7.18 Å². The summed E-state index contributed by atoms with van der Waals surface area (Å²) in [4.78, 5) is 0. The van der Waals surface area contributed by atoms with E-state index in [2.05, 4.69) is 6.58 Å². The van der Waals surface area contributed by atoms with Gasteiger partial charge in [-0.25, -0.2) is 0 Å². The summed E-state index contributed by atoms with van der Waals surface area (Å²) in [5.74, 6) is 0. The van der Waals surface area contributed by atoms with Gasteiger partial charge in [0.2, 0.25) is 0 Å². The molecule has 46 valence electrons. The lowest BCUT2D eigenvalue weighted by molar-refractivity contribution is 0.636. The van der Waals surface area contributed by atoms with E-state index in [0.29, 0.717) is 7.18 Å². The Morgan fingerprint density at radius 3 is 2.00 bits per heavy atom. The Morgan fingerprint density at radius 2 is 1.88 bits per heavy atom. The van der Waals surface area contributed by atoms with Crippen LogP contribution >= 0.6 is 0 Å². The van der Waals surface area contributed by atoms with Gasteiger partial charge in [-0.1, -0.05) is 18.7 Å². The highest BCUT2D eigenvalue weighted by Gasteiger charge is 1.48. The molecule has 0 fully saturated rings. The van der Waals surface area contributed by atoms with E-state index < -0.39 is 0 Å². The molecule has 1 N–H and O–H groups in total. The zero-order chi connectivity index (χ0) is 6.83. The smallest absolute Gasteiger partial charge is 0.0785 e. The lowest BCUT2D eigenvalue weighted by Crippen LogP contribution is -1.50. The van der Waals surface area contributed by atoms with Crippen molar-refractivity contribution in [2.24, 2.45) is 0 Å². The Labute approximate surface area is 49.0 Å². The third-order valence-corrected chi connectivity index (χ3v) is 0.343. The molecule has 0 rings (SSSR count). The van der Waals surface area contributed by atoms with E-state index in [4.69, 9.17) is 5.41 Å².